The molecule has 2 aromatic rings. The van der Waals surface area contributed by atoms with Gasteiger partial charge >= 0.3 is 0 Å². The largest absolute Gasteiger partial charge is 0.312 e. The summed E-state index contributed by atoms with van der Waals surface area (Å²) >= 11 is 1.89. The van der Waals surface area contributed by atoms with Crippen LogP contribution in [0, 0.1) is 12.8 Å². The minimum atomic E-state index is 0.543. The topological polar surface area (TPSA) is 24.9 Å². The predicted molar refractivity (Wildman–Crippen MR) is 76.8 cm³/mol. The van der Waals surface area contributed by atoms with E-state index < -0.39 is 0 Å². The Labute approximate surface area is 112 Å². The number of nitrogens with one attached hydrogen (secondary N) is 1. The zero-order valence-corrected chi connectivity index (χ0v) is 11.6. The standard InChI is InChI=1S/C15H18N2S/c1-10-7-12(9-17-8-10)13-5-6-14(18-13)15(16-2)11-3-4-11/h5-9,11,15-16H,3-4H2,1-2H3. The lowest BCUT2D eigenvalue weighted by Gasteiger charge is -2.12. The van der Waals surface area contributed by atoms with E-state index in [1.165, 1.54) is 33.7 Å². The number of nitrogens with zero attached hydrogens (tertiary/aromatic N) is 1. The molecule has 0 saturated heterocycles. The van der Waals surface area contributed by atoms with Crippen molar-refractivity contribution >= 4 is 11.3 Å². The molecule has 1 saturated carbocycles. The summed E-state index contributed by atoms with van der Waals surface area (Å²) in [6.07, 6.45) is 6.59. The van der Waals surface area contributed by atoms with Gasteiger partial charge < -0.3 is 5.32 Å². The zero-order chi connectivity index (χ0) is 12.5. The van der Waals surface area contributed by atoms with E-state index in [1.807, 2.05) is 23.7 Å². The number of aryl methyl sites for hydroxylation is 1. The summed E-state index contributed by atoms with van der Waals surface area (Å²) in [5.41, 5.74) is 2.45. The maximum Gasteiger partial charge on any atom is 0.0441 e. The van der Waals surface area contributed by atoms with E-state index in [9.17, 15) is 0 Å². The van der Waals surface area contributed by atoms with Gasteiger partial charge in [-0.1, -0.05) is 0 Å². The maximum atomic E-state index is 4.27. The fourth-order valence-electron chi connectivity index (χ4n) is 2.40. The molecule has 3 heteroatoms. The lowest BCUT2D eigenvalue weighted by atomic mass is 10.1. The summed E-state index contributed by atoms with van der Waals surface area (Å²) in [7, 11) is 2.07. The van der Waals surface area contributed by atoms with Gasteiger partial charge in [0.1, 0.15) is 0 Å². The third-order valence-electron chi connectivity index (χ3n) is 3.50. The minimum Gasteiger partial charge on any atom is -0.312 e. The van der Waals surface area contributed by atoms with Crippen molar-refractivity contribution in [3.8, 4) is 10.4 Å². The van der Waals surface area contributed by atoms with E-state index >= 15 is 0 Å². The molecule has 0 radical (unpaired) electrons. The summed E-state index contributed by atoms with van der Waals surface area (Å²) in [4.78, 5) is 7.05. The van der Waals surface area contributed by atoms with Crippen molar-refractivity contribution in [1.82, 2.24) is 10.3 Å². The second-order valence-corrected chi connectivity index (χ2v) is 6.17. The fourth-order valence-corrected chi connectivity index (χ4v) is 3.60. The highest BCUT2D eigenvalue weighted by Gasteiger charge is 2.32. The van der Waals surface area contributed by atoms with Gasteiger partial charge in [0.05, 0.1) is 0 Å². The molecule has 18 heavy (non-hydrogen) atoms. The van der Waals surface area contributed by atoms with E-state index in [-0.39, 0.29) is 0 Å². The van der Waals surface area contributed by atoms with Crippen molar-refractivity contribution in [2.24, 2.45) is 5.92 Å². The first kappa shape index (κ1) is 11.9. The van der Waals surface area contributed by atoms with E-state index in [4.69, 9.17) is 0 Å². The molecular formula is C15H18N2S. The van der Waals surface area contributed by atoms with E-state index in [0.29, 0.717) is 6.04 Å². The molecular weight excluding hydrogens is 240 g/mol. The summed E-state index contributed by atoms with van der Waals surface area (Å²) < 4.78 is 0. The Bertz CT molecular complexity index is 543. The summed E-state index contributed by atoms with van der Waals surface area (Å²) in [6, 6.07) is 7.24. The van der Waals surface area contributed by atoms with E-state index in [1.54, 1.807) is 0 Å². The van der Waals surface area contributed by atoms with Crippen molar-refractivity contribution in [3.05, 3.63) is 41.0 Å². The van der Waals surface area contributed by atoms with Gasteiger partial charge in [0.15, 0.2) is 0 Å². The summed E-state index contributed by atoms with van der Waals surface area (Å²) in [5.74, 6) is 0.845. The van der Waals surface area contributed by atoms with Crippen LogP contribution in [-0.2, 0) is 0 Å². The molecule has 3 rings (SSSR count). The molecule has 2 nitrogen and oxygen atoms in total. The van der Waals surface area contributed by atoms with Crippen LogP contribution in [0.4, 0.5) is 0 Å². The molecule has 0 spiro atoms. The SMILES string of the molecule is CNC(c1ccc(-c2cncc(C)c2)s1)C1CC1. The number of aromatic nitrogens is 1. The molecule has 2 heterocycles. The highest BCUT2D eigenvalue weighted by atomic mass is 32.1. The second-order valence-electron chi connectivity index (χ2n) is 5.06. The van der Waals surface area contributed by atoms with Crippen LogP contribution in [0.3, 0.4) is 0 Å². The quantitative estimate of drug-likeness (QED) is 0.902. The molecule has 0 amide bonds. The maximum absolute atomic E-state index is 4.27. The predicted octanol–water partition coefficient (Wildman–Crippen LogP) is 3.79. The van der Waals surface area contributed by atoms with Gasteiger partial charge in [-0.3, -0.25) is 4.98 Å². The monoisotopic (exact) mass is 258 g/mol. The normalized spacial score (nSPS) is 16.8. The van der Waals surface area contributed by atoms with Crippen molar-refractivity contribution < 1.29 is 0 Å². The Morgan fingerprint density at radius 2 is 2.17 bits per heavy atom. The van der Waals surface area contributed by atoms with Crippen molar-refractivity contribution in [1.29, 1.82) is 0 Å². The lowest BCUT2D eigenvalue weighted by molar-refractivity contribution is 0.537. The average Bonchev–Trinajstić information content (AvgIpc) is 3.07. The van der Waals surface area contributed by atoms with Crippen LogP contribution < -0.4 is 5.32 Å². The third-order valence-corrected chi connectivity index (χ3v) is 4.71. The third kappa shape index (κ3) is 2.33. The fraction of sp³-hybridized carbons (Fsp3) is 0.400. The minimum absolute atomic E-state index is 0.543. The molecule has 1 N–H and O–H groups in total. The molecule has 0 bridgehead atoms. The van der Waals surface area contributed by atoms with Crippen LogP contribution >= 0.6 is 11.3 Å². The molecule has 94 valence electrons. The Kier molecular flexibility index (Phi) is 3.18. The van der Waals surface area contributed by atoms with Crippen LogP contribution in [0.15, 0.2) is 30.6 Å². The molecule has 1 unspecified atom stereocenters. The molecule has 1 fully saturated rings. The van der Waals surface area contributed by atoms with E-state index in [2.05, 4.69) is 42.5 Å². The van der Waals surface area contributed by atoms with Gasteiger partial charge in [-0.25, -0.2) is 0 Å². The molecule has 2 aromatic heterocycles. The van der Waals surface area contributed by atoms with Gasteiger partial charge in [-0.15, -0.1) is 11.3 Å². The highest BCUT2D eigenvalue weighted by Crippen LogP contribution is 2.43. The van der Waals surface area contributed by atoms with Crippen LogP contribution in [-0.4, -0.2) is 12.0 Å². The molecule has 1 aliphatic carbocycles. The van der Waals surface area contributed by atoms with Gasteiger partial charge in [0.2, 0.25) is 0 Å². The van der Waals surface area contributed by atoms with Crippen molar-refractivity contribution in [2.75, 3.05) is 7.05 Å². The van der Waals surface area contributed by atoms with Crippen LogP contribution in [0.25, 0.3) is 10.4 Å². The molecule has 0 aromatic carbocycles. The average molecular weight is 258 g/mol. The first-order valence-electron chi connectivity index (χ1n) is 6.47. The van der Waals surface area contributed by atoms with Gasteiger partial charge in [-0.05, 0) is 56.5 Å². The summed E-state index contributed by atoms with van der Waals surface area (Å²) in [5, 5.41) is 3.45. The highest BCUT2D eigenvalue weighted by molar-refractivity contribution is 7.15. The lowest BCUT2D eigenvalue weighted by Crippen LogP contribution is -2.16. The Hall–Kier alpha value is -1.19. The van der Waals surface area contributed by atoms with Crippen molar-refractivity contribution in [3.63, 3.8) is 0 Å². The number of pyridine rings is 1. The Balaban J connectivity index is 1.88. The first-order chi connectivity index (χ1) is 8.78. The van der Waals surface area contributed by atoms with Crippen molar-refractivity contribution in [2.45, 2.75) is 25.8 Å². The van der Waals surface area contributed by atoms with Crippen LogP contribution in [0.2, 0.25) is 0 Å². The molecule has 1 atom stereocenters. The molecule has 0 aliphatic heterocycles. The van der Waals surface area contributed by atoms with Gasteiger partial charge in [0, 0.05) is 33.8 Å². The smallest absolute Gasteiger partial charge is 0.0441 e. The number of hydrogen-bond acceptors (Lipinski definition) is 3. The number of thiophene rings is 1. The zero-order valence-electron chi connectivity index (χ0n) is 10.8. The van der Waals surface area contributed by atoms with Gasteiger partial charge in [0.25, 0.3) is 0 Å². The van der Waals surface area contributed by atoms with Gasteiger partial charge in [-0.2, -0.15) is 0 Å². The second kappa shape index (κ2) is 4.82. The number of rotatable bonds is 4. The van der Waals surface area contributed by atoms with Crippen LogP contribution in [0.5, 0.6) is 0 Å². The number of hydrogen-bond donors (Lipinski definition) is 1. The van der Waals surface area contributed by atoms with E-state index in [0.717, 1.165) is 5.92 Å². The molecule has 1 aliphatic rings. The Morgan fingerprint density at radius 1 is 1.33 bits per heavy atom. The summed E-state index contributed by atoms with van der Waals surface area (Å²) in [6.45, 7) is 2.09. The first-order valence-corrected chi connectivity index (χ1v) is 7.28. The van der Waals surface area contributed by atoms with Crippen LogP contribution in [0.1, 0.15) is 29.3 Å². The Morgan fingerprint density at radius 3 is 2.83 bits per heavy atom.